The van der Waals surface area contributed by atoms with Crippen molar-refractivity contribution in [3.8, 4) is 0 Å². The highest BCUT2D eigenvalue weighted by Gasteiger charge is 2.35. The Morgan fingerprint density at radius 2 is 2.29 bits per heavy atom. The second kappa shape index (κ2) is 6.49. The fourth-order valence-corrected chi connectivity index (χ4v) is 3.01. The molecule has 100 valence electrons. The summed E-state index contributed by atoms with van der Waals surface area (Å²) < 4.78 is 41.2. The number of carbonyl (C=O) groups excluding carboxylic acids is 1. The van der Waals surface area contributed by atoms with Crippen LogP contribution in [0.4, 0.5) is 13.2 Å². The maximum atomic E-state index is 12.1. The average Bonchev–Trinajstić information content (AvgIpc) is 2.70. The van der Waals surface area contributed by atoms with E-state index in [0.29, 0.717) is 5.75 Å². The van der Waals surface area contributed by atoms with E-state index in [1.807, 2.05) is 0 Å². The molecule has 1 heterocycles. The Balaban J connectivity index is 2.55. The number of rotatable bonds is 5. The van der Waals surface area contributed by atoms with Gasteiger partial charge in [0.05, 0.1) is 13.2 Å². The van der Waals surface area contributed by atoms with Crippen LogP contribution in [0.5, 0.6) is 0 Å². The molecule has 1 rings (SSSR count). The Morgan fingerprint density at radius 1 is 1.59 bits per heavy atom. The van der Waals surface area contributed by atoms with Crippen LogP contribution in [0, 0.1) is 5.92 Å². The van der Waals surface area contributed by atoms with Crippen LogP contribution in [0.1, 0.15) is 13.3 Å². The molecule has 0 aromatic carbocycles. The lowest BCUT2D eigenvalue weighted by atomic mass is 9.99. The molecule has 7 heteroatoms. The van der Waals surface area contributed by atoms with Gasteiger partial charge in [-0.3, -0.25) is 10.1 Å². The first-order valence-electron chi connectivity index (χ1n) is 5.48. The molecule has 1 aliphatic heterocycles. The third-order valence-electron chi connectivity index (χ3n) is 2.50. The smallest absolute Gasteiger partial charge is 0.401 e. The zero-order valence-electron chi connectivity index (χ0n) is 9.55. The van der Waals surface area contributed by atoms with Crippen molar-refractivity contribution in [3.63, 3.8) is 0 Å². The number of esters is 1. The summed E-state index contributed by atoms with van der Waals surface area (Å²) in [5, 5.41) is 2.27. The summed E-state index contributed by atoms with van der Waals surface area (Å²) in [7, 11) is 0. The number of alkyl halides is 3. The number of ether oxygens (including phenoxy) is 1. The molecule has 0 bridgehead atoms. The van der Waals surface area contributed by atoms with Gasteiger partial charge in [-0.25, -0.2) is 0 Å². The number of thioether (sulfide) groups is 1. The van der Waals surface area contributed by atoms with Crippen molar-refractivity contribution in [1.82, 2.24) is 5.32 Å². The summed E-state index contributed by atoms with van der Waals surface area (Å²) >= 11 is 1.65. The van der Waals surface area contributed by atoms with Crippen LogP contribution in [-0.4, -0.2) is 42.8 Å². The van der Waals surface area contributed by atoms with Crippen LogP contribution in [0.3, 0.4) is 0 Å². The highest BCUT2D eigenvalue weighted by molar-refractivity contribution is 7.99. The summed E-state index contributed by atoms with van der Waals surface area (Å²) in [6.07, 6.45) is -3.56. The lowest BCUT2D eigenvalue weighted by molar-refractivity contribution is -0.150. The van der Waals surface area contributed by atoms with Gasteiger partial charge in [-0.05, 0) is 30.8 Å². The monoisotopic (exact) mass is 271 g/mol. The molecule has 0 radical (unpaired) electrons. The van der Waals surface area contributed by atoms with Crippen LogP contribution in [0.25, 0.3) is 0 Å². The van der Waals surface area contributed by atoms with Crippen LogP contribution in [-0.2, 0) is 9.53 Å². The van der Waals surface area contributed by atoms with Crippen molar-refractivity contribution in [2.75, 3.05) is 24.7 Å². The minimum atomic E-state index is -4.31. The molecule has 0 aromatic rings. The quantitative estimate of drug-likeness (QED) is 0.774. The molecule has 0 aromatic heterocycles. The molecular formula is C10H16F3NO2S. The second-order valence-electron chi connectivity index (χ2n) is 3.85. The topological polar surface area (TPSA) is 38.3 Å². The largest absolute Gasteiger partial charge is 0.465 e. The van der Waals surface area contributed by atoms with Gasteiger partial charge < -0.3 is 4.74 Å². The van der Waals surface area contributed by atoms with E-state index < -0.39 is 24.7 Å². The van der Waals surface area contributed by atoms with Gasteiger partial charge in [0.15, 0.2) is 0 Å². The number of halogens is 3. The molecule has 1 saturated heterocycles. The Labute approximate surface area is 102 Å². The summed E-state index contributed by atoms with van der Waals surface area (Å²) in [5.41, 5.74) is 0. The van der Waals surface area contributed by atoms with Gasteiger partial charge in [0.2, 0.25) is 0 Å². The fraction of sp³-hybridized carbons (Fsp3) is 0.900. The lowest BCUT2D eigenvalue weighted by Gasteiger charge is -2.23. The van der Waals surface area contributed by atoms with Gasteiger partial charge in [0.25, 0.3) is 0 Å². The Morgan fingerprint density at radius 3 is 2.76 bits per heavy atom. The summed E-state index contributed by atoms with van der Waals surface area (Å²) in [4.78, 5) is 11.6. The first-order valence-corrected chi connectivity index (χ1v) is 6.64. The van der Waals surface area contributed by atoms with E-state index in [0.717, 1.165) is 12.2 Å². The predicted molar refractivity (Wildman–Crippen MR) is 59.9 cm³/mol. The van der Waals surface area contributed by atoms with Crippen LogP contribution < -0.4 is 5.32 Å². The molecule has 2 atom stereocenters. The molecule has 1 fully saturated rings. The molecule has 2 unspecified atom stereocenters. The lowest BCUT2D eigenvalue weighted by Crippen LogP contribution is -2.47. The van der Waals surface area contributed by atoms with E-state index in [4.69, 9.17) is 4.74 Å². The highest BCUT2D eigenvalue weighted by Crippen LogP contribution is 2.27. The number of hydrogen-bond acceptors (Lipinski definition) is 4. The number of nitrogens with one attached hydrogen (secondary N) is 1. The van der Waals surface area contributed by atoms with Gasteiger partial charge in [-0.1, -0.05) is 0 Å². The SMILES string of the molecule is CCOC(=O)C(NCC(F)(F)F)C1CCSC1. The van der Waals surface area contributed by atoms with Gasteiger partial charge in [-0.2, -0.15) is 24.9 Å². The fourth-order valence-electron chi connectivity index (χ4n) is 1.72. The highest BCUT2D eigenvalue weighted by atomic mass is 32.2. The molecule has 17 heavy (non-hydrogen) atoms. The van der Waals surface area contributed by atoms with Crippen molar-refractivity contribution in [2.24, 2.45) is 5.92 Å². The van der Waals surface area contributed by atoms with E-state index in [9.17, 15) is 18.0 Å². The standard InChI is InChI=1S/C10H16F3NO2S/c1-2-16-9(15)8(7-3-4-17-5-7)14-6-10(11,12)13/h7-8,14H,2-6H2,1H3. The molecule has 0 amide bonds. The molecule has 1 aliphatic rings. The van der Waals surface area contributed by atoms with Crippen molar-refractivity contribution in [2.45, 2.75) is 25.6 Å². The molecule has 3 nitrogen and oxygen atoms in total. The minimum absolute atomic E-state index is 0.0681. The predicted octanol–water partition coefficient (Wildman–Crippen LogP) is 1.82. The van der Waals surface area contributed by atoms with Crippen molar-refractivity contribution in [1.29, 1.82) is 0 Å². The van der Waals surface area contributed by atoms with Crippen molar-refractivity contribution < 1.29 is 22.7 Å². The maximum Gasteiger partial charge on any atom is 0.401 e. The zero-order valence-corrected chi connectivity index (χ0v) is 10.4. The normalized spacial score (nSPS) is 22.5. The number of carbonyl (C=O) groups is 1. The summed E-state index contributed by atoms with van der Waals surface area (Å²) in [6, 6.07) is -0.841. The molecule has 0 saturated carbocycles. The Hall–Kier alpha value is -0.430. The molecule has 0 spiro atoms. The second-order valence-corrected chi connectivity index (χ2v) is 5.00. The Bertz CT molecular complexity index is 254. The van der Waals surface area contributed by atoms with Crippen LogP contribution >= 0.6 is 11.8 Å². The van der Waals surface area contributed by atoms with E-state index >= 15 is 0 Å². The van der Waals surface area contributed by atoms with E-state index in [2.05, 4.69) is 5.32 Å². The first-order chi connectivity index (χ1) is 7.94. The van der Waals surface area contributed by atoms with Gasteiger partial charge in [0.1, 0.15) is 6.04 Å². The van der Waals surface area contributed by atoms with Crippen LogP contribution in [0.2, 0.25) is 0 Å². The van der Waals surface area contributed by atoms with Gasteiger partial charge >= 0.3 is 12.1 Å². The van der Waals surface area contributed by atoms with E-state index in [1.54, 1.807) is 18.7 Å². The molecular weight excluding hydrogens is 255 g/mol. The summed E-state index contributed by atoms with van der Waals surface area (Å²) in [6.45, 7) is 0.669. The maximum absolute atomic E-state index is 12.1. The van der Waals surface area contributed by atoms with Crippen molar-refractivity contribution >= 4 is 17.7 Å². The third kappa shape index (κ3) is 5.16. The van der Waals surface area contributed by atoms with Gasteiger partial charge in [0, 0.05) is 0 Å². The molecule has 0 aliphatic carbocycles. The number of hydrogen-bond donors (Lipinski definition) is 1. The van der Waals surface area contributed by atoms with E-state index in [1.165, 1.54) is 0 Å². The van der Waals surface area contributed by atoms with E-state index in [-0.39, 0.29) is 12.5 Å². The molecule has 1 N–H and O–H groups in total. The average molecular weight is 271 g/mol. The van der Waals surface area contributed by atoms with Crippen LogP contribution in [0.15, 0.2) is 0 Å². The minimum Gasteiger partial charge on any atom is -0.465 e. The first kappa shape index (κ1) is 14.6. The third-order valence-corrected chi connectivity index (χ3v) is 3.69. The zero-order chi connectivity index (χ0) is 12.9. The summed E-state index contributed by atoms with van der Waals surface area (Å²) in [5.74, 6) is 0.938. The van der Waals surface area contributed by atoms with Gasteiger partial charge in [-0.15, -0.1) is 0 Å². The van der Waals surface area contributed by atoms with Crippen molar-refractivity contribution in [3.05, 3.63) is 0 Å². The Kier molecular flexibility index (Phi) is 5.58.